The van der Waals surface area contributed by atoms with Crippen LogP contribution in [0.1, 0.15) is 16.7 Å². The van der Waals surface area contributed by atoms with Crippen molar-refractivity contribution < 1.29 is 5.11 Å². The first kappa shape index (κ1) is 14.9. The number of piperazine rings is 1. The molecule has 3 nitrogen and oxygen atoms in total. The maximum Gasteiger partial charge on any atom is 0.115 e. The Hall–Kier alpha value is -2.00. The Bertz CT molecular complexity index is 628. The summed E-state index contributed by atoms with van der Waals surface area (Å²) in [6, 6.07) is 14.2. The van der Waals surface area contributed by atoms with E-state index >= 15 is 0 Å². The SMILES string of the molecule is Cc1ccc(C)c(N2CCN(Cc3ccc(O)cc3)CC2)c1. The molecule has 1 fully saturated rings. The third-order valence-electron chi connectivity index (χ3n) is 4.42. The van der Waals surface area contributed by atoms with E-state index in [0.717, 1.165) is 32.7 Å². The Morgan fingerprint density at radius 3 is 2.27 bits per heavy atom. The van der Waals surface area contributed by atoms with E-state index in [1.54, 1.807) is 12.1 Å². The van der Waals surface area contributed by atoms with Crippen molar-refractivity contribution in [3.05, 3.63) is 59.2 Å². The van der Waals surface area contributed by atoms with Gasteiger partial charge in [0, 0.05) is 38.4 Å². The van der Waals surface area contributed by atoms with Gasteiger partial charge in [0.2, 0.25) is 0 Å². The number of nitrogens with zero attached hydrogens (tertiary/aromatic N) is 2. The van der Waals surface area contributed by atoms with Gasteiger partial charge in [-0.25, -0.2) is 0 Å². The molecule has 1 saturated heterocycles. The van der Waals surface area contributed by atoms with Crippen molar-refractivity contribution in [1.82, 2.24) is 4.90 Å². The van der Waals surface area contributed by atoms with Gasteiger partial charge < -0.3 is 10.0 Å². The molecule has 22 heavy (non-hydrogen) atoms. The first-order valence-electron chi connectivity index (χ1n) is 7.94. The fraction of sp³-hybridized carbons (Fsp3) is 0.368. The largest absolute Gasteiger partial charge is 0.508 e. The first-order chi connectivity index (χ1) is 10.6. The van der Waals surface area contributed by atoms with Gasteiger partial charge in [0.25, 0.3) is 0 Å². The molecule has 3 heteroatoms. The van der Waals surface area contributed by atoms with Gasteiger partial charge >= 0.3 is 0 Å². The molecule has 2 aromatic carbocycles. The number of phenols is 1. The number of hydrogen-bond donors (Lipinski definition) is 1. The molecular weight excluding hydrogens is 272 g/mol. The molecule has 0 radical (unpaired) electrons. The summed E-state index contributed by atoms with van der Waals surface area (Å²) in [4.78, 5) is 4.98. The molecule has 1 aliphatic heterocycles. The van der Waals surface area contributed by atoms with E-state index in [1.165, 1.54) is 22.4 Å². The molecule has 116 valence electrons. The summed E-state index contributed by atoms with van der Waals surface area (Å²) >= 11 is 0. The summed E-state index contributed by atoms with van der Waals surface area (Å²) in [6.07, 6.45) is 0. The monoisotopic (exact) mass is 296 g/mol. The van der Waals surface area contributed by atoms with E-state index in [1.807, 2.05) is 12.1 Å². The summed E-state index contributed by atoms with van der Waals surface area (Å²) in [5, 5.41) is 9.35. The average molecular weight is 296 g/mol. The van der Waals surface area contributed by atoms with Crippen LogP contribution >= 0.6 is 0 Å². The van der Waals surface area contributed by atoms with Crippen molar-refractivity contribution in [3.63, 3.8) is 0 Å². The van der Waals surface area contributed by atoms with Gasteiger partial charge in [0.15, 0.2) is 0 Å². The number of aryl methyl sites for hydroxylation is 2. The van der Waals surface area contributed by atoms with Crippen LogP contribution in [-0.4, -0.2) is 36.2 Å². The number of benzene rings is 2. The lowest BCUT2D eigenvalue weighted by Crippen LogP contribution is -2.46. The molecule has 0 saturated carbocycles. The second-order valence-corrected chi connectivity index (χ2v) is 6.22. The molecule has 1 N–H and O–H groups in total. The molecule has 0 unspecified atom stereocenters. The van der Waals surface area contributed by atoms with E-state index in [2.05, 4.69) is 41.8 Å². The highest BCUT2D eigenvalue weighted by molar-refractivity contribution is 5.55. The van der Waals surface area contributed by atoms with Gasteiger partial charge in [-0.3, -0.25) is 4.90 Å². The molecular formula is C19H24N2O. The minimum atomic E-state index is 0.337. The van der Waals surface area contributed by atoms with E-state index in [4.69, 9.17) is 0 Å². The predicted molar refractivity (Wildman–Crippen MR) is 91.5 cm³/mol. The van der Waals surface area contributed by atoms with Crippen LogP contribution in [0.15, 0.2) is 42.5 Å². The minimum Gasteiger partial charge on any atom is -0.508 e. The van der Waals surface area contributed by atoms with Crippen LogP contribution in [0.4, 0.5) is 5.69 Å². The zero-order valence-corrected chi connectivity index (χ0v) is 13.4. The Labute approximate surface area is 132 Å². The zero-order valence-electron chi connectivity index (χ0n) is 13.4. The maximum atomic E-state index is 9.35. The summed E-state index contributed by atoms with van der Waals surface area (Å²) < 4.78 is 0. The third-order valence-corrected chi connectivity index (χ3v) is 4.42. The predicted octanol–water partition coefficient (Wildman–Crippen LogP) is 3.33. The van der Waals surface area contributed by atoms with Gasteiger partial charge in [-0.05, 0) is 48.7 Å². The Kier molecular flexibility index (Phi) is 4.34. The van der Waals surface area contributed by atoms with Crippen molar-refractivity contribution in [2.45, 2.75) is 20.4 Å². The summed E-state index contributed by atoms with van der Waals surface area (Å²) in [7, 11) is 0. The highest BCUT2D eigenvalue weighted by Crippen LogP contribution is 2.23. The quantitative estimate of drug-likeness (QED) is 0.941. The van der Waals surface area contributed by atoms with Gasteiger partial charge in [0.1, 0.15) is 5.75 Å². The molecule has 1 aliphatic rings. The lowest BCUT2D eigenvalue weighted by Gasteiger charge is -2.37. The fourth-order valence-corrected chi connectivity index (χ4v) is 3.07. The molecule has 0 aromatic heterocycles. The van der Waals surface area contributed by atoms with Crippen molar-refractivity contribution in [2.75, 3.05) is 31.1 Å². The van der Waals surface area contributed by atoms with E-state index in [9.17, 15) is 5.11 Å². The van der Waals surface area contributed by atoms with E-state index in [-0.39, 0.29) is 0 Å². The fourth-order valence-electron chi connectivity index (χ4n) is 3.07. The lowest BCUT2D eigenvalue weighted by molar-refractivity contribution is 0.249. The van der Waals surface area contributed by atoms with Crippen LogP contribution in [0, 0.1) is 13.8 Å². The molecule has 0 aliphatic carbocycles. The van der Waals surface area contributed by atoms with Gasteiger partial charge in [-0.1, -0.05) is 24.3 Å². The third kappa shape index (κ3) is 3.42. The molecule has 3 rings (SSSR count). The zero-order chi connectivity index (χ0) is 15.5. The summed E-state index contributed by atoms with van der Waals surface area (Å²) in [6.45, 7) is 9.61. The lowest BCUT2D eigenvalue weighted by atomic mass is 10.1. The molecule has 1 heterocycles. The molecule has 0 amide bonds. The smallest absolute Gasteiger partial charge is 0.115 e. The Balaban J connectivity index is 1.60. The number of aromatic hydroxyl groups is 1. The highest BCUT2D eigenvalue weighted by Gasteiger charge is 2.18. The normalized spacial score (nSPS) is 16.0. The molecule has 0 bridgehead atoms. The second kappa shape index (κ2) is 6.41. The number of hydrogen-bond acceptors (Lipinski definition) is 3. The number of rotatable bonds is 3. The molecule has 2 aromatic rings. The minimum absolute atomic E-state index is 0.337. The van der Waals surface area contributed by atoms with Crippen molar-refractivity contribution in [2.24, 2.45) is 0 Å². The maximum absolute atomic E-state index is 9.35. The van der Waals surface area contributed by atoms with Crippen molar-refractivity contribution in [3.8, 4) is 5.75 Å². The van der Waals surface area contributed by atoms with Crippen LogP contribution in [0.5, 0.6) is 5.75 Å². The number of anilines is 1. The van der Waals surface area contributed by atoms with Crippen molar-refractivity contribution >= 4 is 5.69 Å². The second-order valence-electron chi connectivity index (χ2n) is 6.22. The van der Waals surface area contributed by atoms with Crippen LogP contribution in [0.3, 0.4) is 0 Å². The Morgan fingerprint density at radius 2 is 1.59 bits per heavy atom. The topological polar surface area (TPSA) is 26.7 Å². The highest BCUT2D eigenvalue weighted by atomic mass is 16.3. The van der Waals surface area contributed by atoms with Crippen LogP contribution in [0.2, 0.25) is 0 Å². The molecule has 0 spiro atoms. The van der Waals surface area contributed by atoms with Gasteiger partial charge in [-0.2, -0.15) is 0 Å². The summed E-state index contributed by atoms with van der Waals surface area (Å²) in [5.74, 6) is 0.337. The van der Waals surface area contributed by atoms with Gasteiger partial charge in [-0.15, -0.1) is 0 Å². The van der Waals surface area contributed by atoms with E-state index in [0.29, 0.717) is 5.75 Å². The summed E-state index contributed by atoms with van der Waals surface area (Å²) in [5.41, 5.74) is 5.33. The van der Waals surface area contributed by atoms with Gasteiger partial charge in [0.05, 0.1) is 0 Å². The van der Waals surface area contributed by atoms with Crippen molar-refractivity contribution in [1.29, 1.82) is 0 Å². The number of phenolic OH excluding ortho intramolecular Hbond substituents is 1. The van der Waals surface area contributed by atoms with E-state index < -0.39 is 0 Å². The molecule has 0 atom stereocenters. The van der Waals surface area contributed by atoms with Crippen LogP contribution in [0.25, 0.3) is 0 Å². The first-order valence-corrected chi connectivity index (χ1v) is 7.94. The standard InChI is InChI=1S/C19H24N2O/c1-15-3-4-16(2)19(13-15)21-11-9-20(10-12-21)14-17-5-7-18(22)8-6-17/h3-8,13,22H,9-12,14H2,1-2H3. The average Bonchev–Trinajstić information content (AvgIpc) is 2.53. The van der Waals surface area contributed by atoms with Crippen LogP contribution < -0.4 is 4.90 Å². The van der Waals surface area contributed by atoms with Crippen LogP contribution in [-0.2, 0) is 6.54 Å². The Morgan fingerprint density at radius 1 is 0.909 bits per heavy atom.